The van der Waals surface area contributed by atoms with E-state index in [2.05, 4.69) is 20.6 Å². The van der Waals surface area contributed by atoms with Gasteiger partial charge in [-0.05, 0) is 30.7 Å². The summed E-state index contributed by atoms with van der Waals surface area (Å²) in [7, 11) is 0. The normalized spacial score (nSPS) is 11.4. The van der Waals surface area contributed by atoms with Crippen LogP contribution < -0.4 is 5.32 Å². The van der Waals surface area contributed by atoms with Crippen molar-refractivity contribution in [2.75, 3.05) is 0 Å². The summed E-state index contributed by atoms with van der Waals surface area (Å²) in [6, 6.07) is 11.5. The Hall–Kier alpha value is -3.26. The van der Waals surface area contributed by atoms with Crippen molar-refractivity contribution >= 4 is 28.3 Å². The Morgan fingerprint density at radius 2 is 2.12 bits per heavy atom. The summed E-state index contributed by atoms with van der Waals surface area (Å²) in [6.45, 7) is 2.32. The highest BCUT2D eigenvalue weighted by molar-refractivity contribution is 7.19. The molecule has 1 aromatic carbocycles. The van der Waals surface area contributed by atoms with E-state index in [4.69, 9.17) is 4.42 Å². The number of benzene rings is 1. The number of furan rings is 1. The molecule has 4 aromatic rings. The standard InChI is InChI=1S/C18H15N5O2S/c1-12-20-21-18-23(12)22-17(26-18)14-6-4-13(5-7-14)11-19-16(24)9-8-15-3-2-10-25-15/h2-10H,11H2,1H3,(H,19,24). The van der Waals surface area contributed by atoms with Gasteiger partial charge in [-0.3, -0.25) is 4.79 Å². The lowest BCUT2D eigenvalue weighted by molar-refractivity contribution is -0.116. The minimum absolute atomic E-state index is 0.172. The number of nitrogens with zero attached hydrogens (tertiary/aromatic N) is 4. The van der Waals surface area contributed by atoms with E-state index in [0.717, 1.165) is 26.9 Å². The topological polar surface area (TPSA) is 85.3 Å². The summed E-state index contributed by atoms with van der Waals surface area (Å²) in [5.41, 5.74) is 2.01. The molecule has 0 atom stereocenters. The number of aryl methyl sites for hydroxylation is 1. The number of aromatic nitrogens is 4. The summed E-state index contributed by atoms with van der Waals surface area (Å²) < 4.78 is 6.88. The monoisotopic (exact) mass is 365 g/mol. The van der Waals surface area contributed by atoms with Gasteiger partial charge < -0.3 is 9.73 Å². The first-order valence-corrected chi connectivity index (χ1v) is 8.78. The average Bonchev–Trinajstić information content (AvgIpc) is 3.38. The third-order valence-corrected chi connectivity index (χ3v) is 4.70. The molecule has 0 unspecified atom stereocenters. The molecule has 8 heteroatoms. The largest absolute Gasteiger partial charge is 0.465 e. The highest BCUT2D eigenvalue weighted by Gasteiger charge is 2.10. The maximum absolute atomic E-state index is 11.8. The lowest BCUT2D eigenvalue weighted by atomic mass is 10.1. The first-order chi connectivity index (χ1) is 12.7. The number of amides is 1. The molecule has 0 saturated heterocycles. The van der Waals surface area contributed by atoms with E-state index in [1.807, 2.05) is 31.2 Å². The predicted molar refractivity (Wildman–Crippen MR) is 98.4 cm³/mol. The van der Waals surface area contributed by atoms with Crippen molar-refractivity contribution in [3.05, 3.63) is 65.9 Å². The Bertz CT molecular complexity index is 1060. The van der Waals surface area contributed by atoms with Gasteiger partial charge in [0.1, 0.15) is 10.8 Å². The Morgan fingerprint density at radius 3 is 2.85 bits per heavy atom. The molecule has 0 spiro atoms. The van der Waals surface area contributed by atoms with Crippen LogP contribution >= 0.6 is 11.3 Å². The van der Waals surface area contributed by atoms with Crippen molar-refractivity contribution in [3.63, 3.8) is 0 Å². The summed E-state index contributed by atoms with van der Waals surface area (Å²) in [6.07, 6.45) is 4.65. The van der Waals surface area contributed by atoms with Crippen molar-refractivity contribution in [3.8, 4) is 10.6 Å². The maximum Gasteiger partial charge on any atom is 0.244 e. The van der Waals surface area contributed by atoms with Crippen molar-refractivity contribution in [2.45, 2.75) is 13.5 Å². The Labute approximate surface area is 153 Å². The minimum Gasteiger partial charge on any atom is -0.465 e. The van der Waals surface area contributed by atoms with Gasteiger partial charge in [-0.1, -0.05) is 35.6 Å². The smallest absolute Gasteiger partial charge is 0.244 e. The Kier molecular flexibility index (Phi) is 4.32. The number of hydrogen-bond donors (Lipinski definition) is 1. The van der Waals surface area contributed by atoms with Crippen LogP contribution in [0.3, 0.4) is 0 Å². The lowest BCUT2D eigenvalue weighted by Crippen LogP contribution is -2.20. The minimum atomic E-state index is -0.172. The molecule has 0 aliphatic heterocycles. The molecule has 1 N–H and O–H groups in total. The molecular formula is C18H15N5O2S. The van der Waals surface area contributed by atoms with Crippen LogP contribution in [0.5, 0.6) is 0 Å². The fraction of sp³-hybridized carbons (Fsp3) is 0.111. The zero-order chi connectivity index (χ0) is 17.9. The Morgan fingerprint density at radius 1 is 1.27 bits per heavy atom. The van der Waals surface area contributed by atoms with Gasteiger partial charge in [-0.2, -0.15) is 9.61 Å². The predicted octanol–water partition coefficient (Wildman–Crippen LogP) is 3.08. The summed E-state index contributed by atoms with van der Waals surface area (Å²) in [5.74, 6) is 1.24. The first-order valence-electron chi connectivity index (χ1n) is 7.96. The molecule has 0 aliphatic carbocycles. The lowest BCUT2D eigenvalue weighted by Gasteiger charge is -2.03. The van der Waals surface area contributed by atoms with E-state index in [-0.39, 0.29) is 5.91 Å². The van der Waals surface area contributed by atoms with Crippen molar-refractivity contribution < 1.29 is 9.21 Å². The van der Waals surface area contributed by atoms with Crippen LogP contribution in [0.1, 0.15) is 17.1 Å². The molecule has 130 valence electrons. The highest BCUT2D eigenvalue weighted by atomic mass is 32.1. The second kappa shape index (κ2) is 6.93. The van der Waals surface area contributed by atoms with Crippen LogP contribution in [0.15, 0.2) is 53.2 Å². The molecule has 1 amide bonds. The summed E-state index contributed by atoms with van der Waals surface area (Å²) >= 11 is 1.49. The van der Waals surface area contributed by atoms with E-state index >= 15 is 0 Å². The average molecular weight is 365 g/mol. The molecule has 3 aromatic heterocycles. The molecule has 4 rings (SSSR count). The zero-order valence-electron chi connectivity index (χ0n) is 13.9. The molecule has 3 heterocycles. The van der Waals surface area contributed by atoms with E-state index < -0.39 is 0 Å². The maximum atomic E-state index is 11.8. The van der Waals surface area contributed by atoms with Crippen molar-refractivity contribution in [2.24, 2.45) is 0 Å². The number of hydrogen-bond acceptors (Lipinski definition) is 6. The highest BCUT2D eigenvalue weighted by Crippen LogP contribution is 2.25. The van der Waals surface area contributed by atoms with Gasteiger partial charge in [0.25, 0.3) is 0 Å². The van der Waals surface area contributed by atoms with Gasteiger partial charge in [0.05, 0.1) is 6.26 Å². The molecular weight excluding hydrogens is 350 g/mol. The molecule has 7 nitrogen and oxygen atoms in total. The van der Waals surface area contributed by atoms with Gasteiger partial charge in [-0.15, -0.1) is 10.2 Å². The van der Waals surface area contributed by atoms with E-state index in [1.54, 1.807) is 29.0 Å². The molecule has 26 heavy (non-hydrogen) atoms. The fourth-order valence-electron chi connectivity index (χ4n) is 2.39. The van der Waals surface area contributed by atoms with E-state index in [9.17, 15) is 4.79 Å². The second-order valence-corrected chi connectivity index (χ2v) is 6.57. The first kappa shape index (κ1) is 16.2. The van der Waals surface area contributed by atoms with E-state index in [1.165, 1.54) is 17.4 Å². The Balaban J connectivity index is 1.39. The van der Waals surface area contributed by atoms with Crippen LogP contribution in [0.2, 0.25) is 0 Å². The van der Waals surface area contributed by atoms with Gasteiger partial charge >= 0.3 is 0 Å². The van der Waals surface area contributed by atoms with Crippen LogP contribution in [0.4, 0.5) is 0 Å². The molecule has 0 bridgehead atoms. The number of nitrogens with one attached hydrogen (secondary N) is 1. The fourth-order valence-corrected chi connectivity index (χ4v) is 3.28. The third kappa shape index (κ3) is 3.40. The van der Waals surface area contributed by atoms with Gasteiger partial charge in [0, 0.05) is 18.2 Å². The number of rotatable bonds is 5. The number of carbonyl (C=O) groups excluding carboxylic acids is 1. The molecule has 0 radical (unpaired) electrons. The summed E-state index contributed by atoms with van der Waals surface area (Å²) in [4.78, 5) is 12.6. The van der Waals surface area contributed by atoms with Crippen LogP contribution in [-0.2, 0) is 11.3 Å². The van der Waals surface area contributed by atoms with Crippen LogP contribution in [0, 0.1) is 6.92 Å². The van der Waals surface area contributed by atoms with Crippen molar-refractivity contribution in [1.82, 2.24) is 25.1 Å². The number of fused-ring (bicyclic) bond motifs is 1. The van der Waals surface area contributed by atoms with Crippen LogP contribution in [0.25, 0.3) is 21.6 Å². The SMILES string of the molecule is Cc1nnc2sc(-c3ccc(CNC(=O)C=Cc4ccco4)cc3)nn12. The molecule has 0 aliphatic rings. The molecule has 0 fully saturated rings. The van der Waals surface area contributed by atoms with Crippen LogP contribution in [-0.4, -0.2) is 25.7 Å². The van der Waals surface area contributed by atoms with Gasteiger partial charge in [-0.25, -0.2) is 0 Å². The van der Waals surface area contributed by atoms with E-state index in [0.29, 0.717) is 12.3 Å². The van der Waals surface area contributed by atoms with Gasteiger partial charge in [0.2, 0.25) is 10.9 Å². The zero-order valence-corrected chi connectivity index (χ0v) is 14.7. The van der Waals surface area contributed by atoms with Crippen molar-refractivity contribution in [1.29, 1.82) is 0 Å². The molecule has 0 saturated carbocycles. The number of carbonyl (C=O) groups is 1. The quantitative estimate of drug-likeness (QED) is 0.549. The second-order valence-electron chi connectivity index (χ2n) is 5.61. The summed E-state index contributed by atoms with van der Waals surface area (Å²) in [5, 5.41) is 16.3. The van der Waals surface area contributed by atoms with Gasteiger partial charge in [0.15, 0.2) is 5.82 Å². The third-order valence-electron chi connectivity index (χ3n) is 3.76.